The Labute approximate surface area is 162 Å². The number of piperidine rings is 2. The molecule has 0 aliphatic carbocycles. The summed E-state index contributed by atoms with van der Waals surface area (Å²) < 4.78 is 5.36. The normalized spacial score (nSPS) is 34.3. The van der Waals surface area contributed by atoms with Gasteiger partial charge in [0.1, 0.15) is 6.04 Å². The molecule has 4 aliphatic rings. The van der Waals surface area contributed by atoms with Gasteiger partial charge in [-0.25, -0.2) is 0 Å². The molecule has 2 bridgehead atoms. The smallest absolute Gasteiger partial charge is 0.245 e. The third-order valence-corrected chi connectivity index (χ3v) is 6.46. The molecular weight excluding hydrogens is 354 g/mol. The van der Waals surface area contributed by atoms with Gasteiger partial charge in [-0.2, -0.15) is 0 Å². The van der Waals surface area contributed by atoms with Crippen LogP contribution in [-0.2, 0) is 14.3 Å². The Kier molecular flexibility index (Phi) is 6.81. The van der Waals surface area contributed by atoms with Crippen molar-refractivity contribution in [1.29, 1.82) is 0 Å². The highest BCUT2D eigenvalue weighted by atomic mass is 35.5. The van der Waals surface area contributed by atoms with Gasteiger partial charge < -0.3 is 19.9 Å². The largest absolute Gasteiger partial charge is 0.378 e. The molecule has 7 heteroatoms. The number of hydrogen-bond acceptors (Lipinski definition) is 4. The predicted molar refractivity (Wildman–Crippen MR) is 101 cm³/mol. The van der Waals surface area contributed by atoms with Crippen LogP contribution in [0.5, 0.6) is 0 Å². The van der Waals surface area contributed by atoms with Gasteiger partial charge in [0.2, 0.25) is 11.8 Å². The number of carbonyl (C=O) groups excluding carboxylic acids is 2. The molecule has 0 saturated carbocycles. The molecule has 6 nitrogen and oxygen atoms in total. The lowest BCUT2D eigenvalue weighted by atomic mass is 9.88. The topological polar surface area (TPSA) is 61.9 Å². The van der Waals surface area contributed by atoms with Gasteiger partial charge in [-0.1, -0.05) is 0 Å². The van der Waals surface area contributed by atoms with Gasteiger partial charge in [0.15, 0.2) is 0 Å². The van der Waals surface area contributed by atoms with E-state index < -0.39 is 0 Å². The van der Waals surface area contributed by atoms with Crippen LogP contribution in [0, 0.1) is 5.92 Å². The third-order valence-electron chi connectivity index (χ3n) is 6.46. The van der Waals surface area contributed by atoms with Gasteiger partial charge in [-0.15, -0.1) is 12.4 Å². The molecule has 26 heavy (non-hydrogen) atoms. The summed E-state index contributed by atoms with van der Waals surface area (Å²) in [5.74, 6) is 0.839. The maximum atomic E-state index is 13.0. The van der Waals surface area contributed by atoms with Crippen molar-refractivity contribution in [3.05, 3.63) is 0 Å². The van der Waals surface area contributed by atoms with Crippen LogP contribution in [0.4, 0.5) is 0 Å². The van der Waals surface area contributed by atoms with E-state index in [0.717, 1.165) is 38.6 Å². The van der Waals surface area contributed by atoms with Gasteiger partial charge in [0, 0.05) is 38.1 Å². The molecule has 4 heterocycles. The van der Waals surface area contributed by atoms with Crippen molar-refractivity contribution in [1.82, 2.24) is 15.1 Å². The molecule has 4 aliphatic heterocycles. The van der Waals surface area contributed by atoms with E-state index in [9.17, 15) is 9.59 Å². The van der Waals surface area contributed by atoms with E-state index in [0.29, 0.717) is 50.7 Å². The molecule has 148 valence electrons. The first-order valence-electron chi connectivity index (χ1n) is 10.1. The zero-order valence-corrected chi connectivity index (χ0v) is 16.3. The van der Waals surface area contributed by atoms with E-state index in [1.807, 2.05) is 9.80 Å². The van der Waals surface area contributed by atoms with E-state index in [1.54, 1.807) is 0 Å². The van der Waals surface area contributed by atoms with Crippen LogP contribution >= 0.6 is 12.4 Å². The van der Waals surface area contributed by atoms with E-state index in [-0.39, 0.29) is 30.3 Å². The summed E-state index contributed by atoms with van der Waals surface area (Å²) >= 11 is 0. The Hall–Kier alpha value is -0.850. The van der Waals surface area contributed by atoms with Crippen LogP contribution in [0.15, 0.2) is 0 Å². The standard InChI is InChI=1S/C19H31N3O3.ClH/c23-18(13-14-11-15-4-5-16(12-14)20-15)22-6-2-1-3-17(22)19(24)21-7-9-25-10-8-21;/h14-17,20H,1-13H2;1H. The van der Waals surface area contributed by atoms with Gasteiger partial charge in [0.05, 0.1) is 13.2 Å². The number of fused-ring (bicyclic) bond motifs is 2. The molecular formula is C19H32ClN3O3. The molecule has 0 aromatic carbocycles. The lowest BCUT2D eigenvalue weighted by Gasteiger charge is -2.39. The summed E-state index contributed by atoms with van der Waals surface area (Å²) in [7, 11) is 0. The van der Waals surface area contributed by atoms with Gasteiger partial charge in [-0.3, -0.25) is 9.59 Å². The van der Waals surface area contributed by atoms with Crippen molar-refractivity contribution in [2.45, 2.75) is 69.5 Å². The molecule has 4 fully saturated rings. The highest BCUT2D eigenvalue weighted by molar-refractivity contribution is 5.88. The van der Waals surface area contributed by atoms with Crippen molar-refractivity contribution < 1.29 is 14.3 Å². The molecule has 1 N–H and O–H groups in total. The highest BCUT2D eigenvalue weighted by Gasteiger charge is 2.38. The van der Waals surface area contributed by atoms with Crippen LogP contribution in [0.1, 0.15) is 51.4 Å². The summed E-state index contributed by atoms with van der Waals surface area (Å²) in [4.78, 5) is 29.7. The Balaban J connectivity index is 0.00000196. The minimum Gasteiger partial charge on any atom is -0.378 e. The monoisotopic (exact) mass is 385 g/mol. The van der Waals surface area contributed by atoms with Crippen LogP contribution in [-0.4, -0.2) is 72.6 Å². The molecule has 2 amide bonds. The SMILES string of the molecule is Cl.O=C(C1CCCCN1C(=O)CC1CC2CCC(C1)N2)N1CCOCC1. The number of amides is 2. The summed E-state index contributed by atoms with van der Waals surface area (Å²) in [6.07, 6.45) is 8.28. The van der Waals surface area contributed by atoms with Crippen LogP contribution in [0.3, 0.4) is 0 Å². The fourth-order valence-electron chi connectivity index (χ4n) is 5.19. The number of halogens is 1. The van der Waals surface area contributed by atoms with Crippen molar-refractivity contribution in [2.24, 2.45) is 5.92 Å². The molecule has 4 rings (SSSR count). The van der Waals surface area contributed by atoms with E-state index in [1.165, 1.54) is 12.8 Å². The fraction of sp³-hybridized carbons (Fsp3) is 0.895. The average molecular weight is 386 g/mol. The molecule has 0 radical (unpaired) electrons. The van der Waals surface area contributed by atoms with Gasteiger partial charge in [0.25, 0.3) is 0 Å². The number of nitrogens with zero attached hydrogens (tertiary/aromatic N) is 2. The van der Waals surface area contributed by atoms with Crippen molar-refractivity contribution in [3.8, 4) is 0 Å². The van der Waals surface area contributed by atoms with E-state index in [2.05, 4.69) is 5.32 Å². The second-order valence-corrected chi connectivity index (χ2v) is 8.22. The van der Waals surface area contributed by atoms with Crippen LogP contribution in [0.25, 0.3) is 0 Å². The van der Waals surface area contributed by atoms with E-state index in [4.69, 9.17) is 4.74 Å². The lowest BCUT2D eigenvalue weighted by molar-refractivity contribution is -0.150. The number of hydrogen-bond donors (Lipinski definition) is 1. The molecule has 4 saturated heterocycles. The second-order valence-electron chi connectivity index (χ2n) is 8.22. The zero-order chi connectivity index (χ0) is 17.2. The Morgan fingerprint density at radius 1 is 0.962 bits per heavy atom. The maximum Gasteiger partial charge on any atom is 0.245 e. The number of likely N-dealkylation sites (tertiary alicyclic amines) is 1. The molecule has 0 aromatic rings. The Bertz CT molecular complexity index is 500. The first-order valence-corrected chi connectivity index (χ1v) is 10.1. The van der Waals surface area contributed by atoms with Crippen LogP contribution in [0.2, 0.25) is 0 Å². The second kappa shape index (κ2) is 8.89. The van der Waals surface area contributed by atoms with Crippen molar-refractivity contribution in [3.63, 3.8) is 0 Å². The number of nitrogens with one attached hydrogen (secondary N) is 1. The number of ether oxygens (including phenoxy) is 1. The van der Waals surface area contributed by atoms with Crippen molar-refractivity contribution >= 4 is 24.2 Å². The summed E-state index contributed by atoms with van der Waals surface area (Å²) in [6, 6.07) is 0.991. The first-order chi connectivity index (χ1) is 12.2. The molecule has 3 unspecified atom stereocenters. The number of morpholine rings is 1. The first kappa shape index (κ1) is 19.9. The lowest BCUT2D eigenvalue weighted by Crippen LogP contribution is -2.55. The Morgan fingerprint density at radius 2 is 1.65 bits per heavy atom. The predicted octanol–water partition coefficient (Wildman–Crippen LogP) is 1.57. The van der Waals surface area contributed by atoms with Gasteiger partial charge >= 0.3 is 0 Å². The summed E-state index contributed by atoms with van der Waals surface area (Å²) in [6.45, 7) is 3.30. The summed E-state index contributed by atoms with van der Waals surface area (Å²) in [5, 5.41) is 3.65. The minimum atomic E-state index is -0.238. The highest BCUT2D eigenvalue weighted by Crippen LogP contribution is 2.33. The number of carbonyl (C=O) groups is 2. The summed E-state index contributed by atoms with van der Waals surface area (Å²) in [5.41, 5.74) is 0. The minimum absolute atomic E-state index is 0. The quantitative estimate of drug-likeness (QED) is 0.801. The van der Waals surface area contributed by atoms with Crippen molar-refractivity contribution in [2.75, 3.05) is 32.8 Å². The maximum absolute atomic E-state index is 13.0. The fourth-order valence-corrected chi connectivity index (χ4v) is 5.19. The zero-order valence-electron chi connectivity index (χ0n) is 15.5. The molecule has 0 aromatic heterocycles. The average Bonchev–Trinajstić information content (AvgIpc) is 3.00. The molecule has 3 atom stereocenters. The Morgan fingerprint density at radius 3 is 2.35 bits per heavy atom. The van der Waals surface area contributed by atoms with E-state index >= 15 is 0 Å². The molecule has 0 spiro atoms. The van der Waals surface area contributed by atoms with Crippen LogP contribution < -0.4 is 5.32 Å². The number of rotatable bonds is 3. The van der Waals surface area contributed by atoms with Gasteiger partial charge in [-0.05, 0) is 50.9 Å². The third kappa shape index (κ3) is 4.34.